The molecule has 0 spiro atoms. The molecule has 0 amide bonds. The third-order valence-corrected chi connectivity index (χ3v) is 13.1. The summed E-state index contributed by atoms with van der Waals surface area (Å²) in [6.07, 6.45) is 4.11. The van der Waals surface area contributed by atoms with E-state index in [1.54, 1.807) is 0 Å². The van der Waals surface area contributed by atoms with E-state index in [-0.39, 0.29) is 10.8 Å². The van der Waals surface area contributed by atoms with Crippen LogP contribution in [0.3, 0.4) is 0 Å². The van der Waals surface area contributed by atoms with E-state index in [0.717, 1.165) is 66.9 Å². The number of para-hydroxylation sites is 4. The number of pyridine rings is 2. The molecule has 0 unspecified atom stereocenters. The van der Waals surface area contributed by atoms with E-state index in [9.17, 15) is 0 Å². The number of benzene rings is 6. The van der Waals surface area contributed by atoms with Gasteiger partial charge in [-0.3, -0.25) is 8.97 Å². The number of fused-ring (bicyclic) bond motifs is 9. The summed E-state index contributed by atoms with van der Waals surface area (Å²) in [7, 11) is 0. The number of hydrogen-bond acceptors (Lipinski definition) is 3. The van der Waals surface area contributed by atoms with Crippen LogP contribution in [0.2, 0.25) is 0 Å². The van der Waals surface area contributed by atoms with Crippen LogP contribution in [0.15, 0.2) is 152 Å². The van der Waals surface area contributed by atoms with Crippen LogP contribution in [0, 0.1) is 0 Å². The lowest BCUT2D eigenvalue weighted by Gasteiger charge is -2.45. The Bertz CT molecular complexity index is 3450. The number of aromatic nitrogens is 5. The highest BCUT2D eigenvalue weighted by Gasteiger charge is 2.46. The molecule has 0 N–H and O–H groups in total. The molecule has 56 heavy (non-hydrogen) atoms. The fourth-order valence-electron chi connectivity index (χ4n) is 9.61. The molecule has 6 heterocycles. The van der Waals surface area contributed by atoms with Gasteiger partial charge in [0.1, 0.15) is 23.0 Å². The topological polar surface area (TPSA) is 49.3 Å². The molecule has 12 rings (SSSR count). The Morgan fingerprint density at radius 3 is 1.91 bits per heavy atom. The van der Waals surface area contributed by atoms with Crippen LogP contribution >= 0.6 is 0 Å². The van der Waals surface area contributed by atoms with Crippen molar-refractivity contribution in [2.75, 3.05) is 0 Å². The van der Waals surface area contributed by atoms with Gasteiger partial charge in [0.15, 0.2) is 0 Å². The number of hydrogen-bond donors (Lipinski definition) is 0. The summed E-state index contributed by atoms with van der Waals surface area (Å²) < 4.78 is 13.8. The van der Waals surface area contributed by atoms with Crippen molar-refractivity contribution in [3.8, 4) is 23.0 Å². The lowest BCUT2D eigenvalue weighted by molar-refractivity contribution is 0.288. The molecule has 0 saturated heterocycles. The first-order chi connectivity index (χ1) is 27.3. The van der Waals surface area contributed by atoms with E-state index in [2.05, 4.69) is 187 Å². The molecule has 5 aromatic heterocycles. The lowest BCUT2D eigenvalue weighted by atomic mass is 9.61. The Morgan fingerprint density at radius 2 is 1.11 bits per heavy atom. The molecule has 0 aliphatic carbocycles. The highest BCUT2D eigenvalue weighted by molar-refractivity contribution is 6.14. The van der Waals surface area contributed by atoms with Crippen LogP contribution in [0.5, 0.6) is 11.5 Å². The summed E-state index contributed by atoms with van der Waals surface area (Å²) in [5.41, 5.74) is 10.2. The van der Waals surface area contributed by atoms with Crippen molar-refractivity contribution in [2.45, 2.75) is 38.5 Å². The molecule has 0 saturated carbocycles. The summed E-state index contributed by atoms with van der Waals surface area (Å²) in [4.78, 5) is 10.2. The van der Waals surface area contributed by atoms with Gasteiger partial charge in [-0.2, -0.15) is 0 Å². The third-order valence-electron chi connectivity index (χ3n) is 13.1. The van der Waals surface area contributed by atoms with Crippen LogP contribution in [0.1, 0.15) is 39.0 Å². The van der Waals surface area contributed by atoms with Gasteiger partial charge in [0.05, 0.1) is 27.6 Å². The molecule has 0 bridgehead atoms. The van der Waals surface area contributed by atoms with Crippen molar-refractivity contribution in [1.29, 1.82) is 0 Å². The van der Waals surface area contributed by atoms with Crippen molar-refractivity contribution in [1.82, 2.24) is 23.5 Å². The zero-order chi connectivity index (χ0) is 37.5. The van der Waals surface area contributed by atoms with Gasteiger partial charge >= 0.3 is 0 Å². The van der Waals surface area contributed by atoms with E-state index >= 15 is 0 Å². The van der Waals surface area contributed by atoms with E-state index in [4.69, 9.17) is 14.7 Å². The number of rotatable bonds is 4. The minimum absolute atomic E-state index is 0.0606. The van der Waals surface area contributed by atoms with Crippen molar-refractivity contribution in [2.24, 2.45) is 0 Å². The monoisotopic (exact) mass is 723 g/mol. The first-order valence-corrected chi connectivity index (χ1v) is 19.3. The van der Waals surface area contributed by atoms with Gasteiger partial charge in [-0.05, 0) is 65.5 Å². The molecule has 268 valence electrons. The van der Waals surface area contributed by atoms with Gasteiger partial charge in [0.2, 0.25) is 0 Å². The molecule has 6 aromatic carbocycles. The van der Waals surface area contributed by atoms with Gasteiger partial charge in [0, 0.05) is 79.1 Å². The lowest BCUT2D eigenvalue weighted by Crippen LogP contribution is -2.44. The van der Waals surface area contributed by atoms with Crippen LogP contribution < -0.4 is 4.74 Å². The summed E-state index contributed by atoms with van der Waals surface area (Å²) in [5, 5.41) is 8.11. The Morgan fingerprint density at radius 1 is 0.464 bits per heavy atom. The summed E-state index contributed by atoms with van der Waals surface area (Å²) >= 11 is 0. The fourth-order valence-corrected chi connectivity index (χ4v) is 9.61. The maximum atomic E-state index is 6.77. The second-order valence-electron chi connectivity index (χ2n) is 16.3. The van der Waals surface area contributed by atoms with Crippen molar-refractivity contribution in [3.05, 3.63) is 163 Å². The molecule has 0 radical (unpaired) electrons. The maximum Gasteiger partial charge on any atom is 0.145 e. The molecular weight excluding hydrogens is 687 g/mol. The van der Waals surface area contributed by atoms with E-state index in [1.165, 1.54) is 38.3 Å². The van der Waals surface area contributed by atoms with E-state index in [0.29, 0.717) is 0 Å². The van der Waals surface area contributed by atoms with Gasteiger partial charge in [-0.25, -0.2) is 9.97 Å². The van der Waals surface area contributed by atoms with Crippen LogP contribution in [0.4, 0.5) is 0 Å². The van der Waals surface area contributed by atoms with Gasteiger partial charge in [-0.15, -0.1) is 0 Å². The Kier molecular flexibility index (Phi) is 6.09. The minimum atomic E-state index is -0.110. The number of imidazole rings is 1. The molecule has 1 aliphatic heterocycles. The second kappa shape index (κ2) is 10.9. The average molecular weight is 724 g/mol. The van der Waals surface area contributed by atoms with Crippen molar-refractivity contribution >= 4 is 70.9 Å². The second-order valence-corrected chi connectivity index (χ2v) is 16.3. The third kappa shape index (κ3) is 4.00. The molecule has 1 aliphatic rings. The fraction of sp³-hybridized carbons (Fsp3) is 0.120. The van der Waals surface area contributed by atoms with Crippen molar-refractivity contribution < 1.29 is 4.74 Å². The molecule has 6 nitrogen and oxygen atoms in total. The molecule has 6 heteroatoms. The molecule has 0 fully saturated rings. The molecule has 11 aromatic rings. The average Bonchev–Trinajstić information content (AvgIpc) is 3.91. The Hall–Kier alpha value is -6.92. The number of ether oxygens (including phenoxy) is 1. The van der Waals surface area contributed by atoms with Gasteiger partial charge in [0.25, 0.3) is 0 Å². The normalized spacial score (nSPS) is 14.7. The predicted octanol–water partition coefficient (Wildman–Crippen LogP) is 12.6. The Labute approximate surface area is 322 Å². The van der Waals surface area contributed by atoms with Crippen LogP contribution in [0.25, 0.3) is 82.4 Å². The van der Waals surface area contributed by atoms with Crippen LogP contribution in [-0.2, 0) is 10.8 Å². The quantitative estimate of drug-likeness (QED) is 0.170. The molecular formula is C50H37N5O. The van der Waals surface area contributed by atoms with Crippen LogP contribution in [-0.4, -0.2) is 23.5 Å². The van der Waals surface area contributed by atoms with E-state index in [1.807, 2.05) is 6.20 Å². The first kappa shape index (κ1) is 31.4. The Balaban J connectivity index is 1.03. The first-order valence-electron chi connectivity index (χ1n) is 19.3. The highest BCUT2D eigenvalue weighted by Crippen LogP contribution is 2.51. The smallest absolute Gasteiger partial charge is 0.145 e. The minimum Gasteiger partial charge on any atom is -0.457 e. The highest BCUT2D eigenvalue weighted by atomic mass is 16.5. The van der Waals surface area contributed by atoms with Gasteiger partial charge in [-0.1, -0.05) is 100 Å². The number of nitrogens with zero attached hydrogens (tertiary/aromatic N) is 5. The van der Waals surface area contributed by atoms with Gasteiger partial charge < -0.3 is 9.30 Å². The zero-order valence-corrected chi connectivity index (χ0v) is 31.6. The summed E-state index contributed by atoms with van der Waals surface area (Å²) in [6.45, 7) is 9.41. The summed E-state index contributed by atoms with van der Waals surface area (Å²) in [5.74, 6) is 2.38. The maximum absolute atomic E-state index is 6.77. The molecule has 0 atom stereocenters. The zero-order valence-electron chi connectivity index (χ0n) is 31.6. The largest absolute Gasteiger partial charge is 0.457 e. The van der Waals surface area contributed by atoms with Crippen molar-refractivity contribution in [3.63, 3.8) is 0 Å². The van der Waals surface area contributed by atoms with E-state index < -0.39 is 0 Å². The predicted molar refractivity (Wildman–Crippen MR) is 229 cm³/mol. The standard InChI is InChI=1S/C50H37N5O/c1-49(2)40-18-12-17-37-33-23-21-31(25-38(33)48-52-29-45(50(49,3)4)55(48)47(37)40)56-32-22-24-36-34-15-8-11-20-42(34)54(43(36)26-32)46-27-44-39(28-51-46)35-16-9-10-19-41(35)53(44)30-13-6-5-7-14-30/h5-29H,1-4H3. The summed E-state index contributed by atoms with van der Waals surface area (Å²) in [6, 6.07) is 49.5. The SMILES string of the molecule is CC1(C)c2cccc3c4ccc(Oc5ccc6c7ccccc7n(-c7cc8c(cn7)c7ccccc7n8-c7ccccc7)c6c5)cc4c4ncc(n4c23)C1(C)C.